The molecule has 7 heteroatoms. The number of aryl methyl sites for hydroxylation is 1. The number of nitrogens with one attached hydrogen (secondary N) is 1. The van der Waals surface area contributed by atoms with E-state index in [-0.39, 0.29) is 17.4 Å². The lowest BCUT2D eigenvalue weighted by Gasteiger charge is -2.26. The van der Waals surface area contributed by atoms with E-state index in [4.69, 9.17) is 0 Å². The molecule has 26 heavy (non-hydrogen) atoms. The topological polar surface area (TPSA) is 83.1 Å². The zero-order valence-electron chi connectivity index (χ0n) is 15.9. The number of nitrogens with zero attached hydrogens (tertiary/aromatic N) is 4. The van der Waals surface area contributed by atoms with Crippen LogP contribution in [0, 0.1) is 11.3 Å². The van der Waals surface area contributed by atoms with Gasteiger partial charge in [0.2, 0.25) is 0 Å². The number of hydrogen-bond donors (Lipinski definition) is 1. The second kappa shape index (κ2) is 8.02. The molecule has 0 aliphatic carbocycles. The largest absolute Gasteiger partial charge is 0.368 e. The van der Waals surface area contributed by atoms with E-state index in [1.54, 1.807) is 7.05 Å². The zero-order chi connectivity index (χ0) is 19.4. The van der Waals surface area contributed by atoms with Gasteiger partial charge in [-0.1, -0.05) is 31.2 Å². The van der Waals surface area contributed by atoms with Crippen molar-refractivity contribution in [2.75, 3.05) is 26.0 Å². The molecule has 1 heterocycles. The van der Waals surface area contributed by atoms with E-state index in [9.17, 15) is 14.9 Å². The van der Waals surface area contributed by atoms with Gasteiger partial charge in [0.15, 0.2) is 5.56 Å². The lowest BCUT2D eigenvalue weighted by atomic mass is 10.0. The third-order valence-electron chi connectivity index (χ3n) is 4.64. The summed E-state index contributed by atoms with van der Waals surface area (Å²) in [6, 6.07) is 10.3. The molecule has 0 radical (unpaired) electrons. The summed E-state index contributed by atoms with van der Waals surface area (Å²) in [6.07, 6.45) is 0.978. The Hall–Kier alpha value is -2.85. The summed E-state index contributed by atoms with van der Waals surface area (Å²) in [5, 5.41) is 12.5. The molecule has 0 amide bonds. The smallest absolute Gasteiger partial charge is 0.332 e. The van der Waals surface area contributed by atoms with E-state index in [1.165, 1.54) is 17.2 Å². The van der Waals surface area contributed by atoms with E-state index in [1.807, 2.05) is 20.2 Å². The van der Waals surface area contributed by atoms with Crippen LogP contribution in [0.4, 0.5) is 5.82 Å². The van der Waals surface area contributed by atoms with Crippen LogP contribution in [0.25, 0.3) is 0 Å². The first kappa shape index (κ1) is 19.5. The molecule has 1 atom stereocenters. The molecule has 0 fully saturated rings. The van der Waals surface area contributed by atoms with Gasteiger partial charge in [0, 0.05) is 20.6 Å². The van der Waals surface area contributed by atoms with Crippen molar-refractivity contribution in [2.45, 2.75) is 19.4 Å². The minimum atomic E-state index is -0.591. The molecule has 0 spiro atoms. The van der Waals surface area contributed by atoms with E-state index < -0.39 is 11.2 Å². The number of hydrogen-bond acceptors (Lipinski definition) is 5. The normalized spacial score (nSPS) is 12.0. The van der Waals surface area contributed by atoms with E-state index >= 15 is 0 Å². The summed E-state index contributed by atoms with van der Waals surface area (Å²) >= 11 is 0. The number of benzene rings is 1. The molecular formula is C19H25N5O2. The molecule has 1 aromatic heterocycles. The average molecular weight is 355 g/mol. The van der Waals surface area contributed by atoms with Crippen molar-refractivity contribution in [3.63, 3.8) is 0 Å². The highest BCUT2D eigenvalue weighted by molar-refractivity contribution is 5.51. The molecule has 0 saturated carbocycles. The quantitative estimate of drug-likeness (QED) is 0.843. The molecule has 0 saturated heterocycles. The maximum Gasteiger partial charge on any atom is 0.332 e. The second-order valence-corrected chi connectivity index (χ2v) is 6.50. The first-order valence-corrected chi connectivity index (χ1v) is 8.51. The lowest BCUT2D eigenvalue weighted by Crippen LogP contribution is -2.40. The predicted octanol–water partition coefficient (Wildman–Crippen LogP) is 1.23. The standard InChI is InChI=1S/C19H25N5O2/c1-6-13-7-9-14(10-8-13)16(22(2)3)12-21-17-15(11-20)18(25)24(5)19(26)23(17)4/h7-10,16,21H,6,12H2,1-5H3/t16-/m0/s1. The number of likely N-dealkylation sites (N-methyl/N-ethyl adjacent to an activating group) is 1. The highest BCUT2D eigenvalue weighted by Crippen LogP contribution is 2.20. The van der Waals surface area contributed by atoms with Gasteiger partial charge >= 0.3 is 5.69 Å². The molecule has 0 bridgehead atoms. The van der Waals surface area contributed by atoms with Gasteiger partial charge in [-0.25, -0.2) is 4.79 Å². The van der Waals surface area contributed by atoms with Crippen molar-refractivity contribution in [1.29, 1.82) is 5.26 Å². The van der Waals surface area contributed by atoms with Gasteiger partial charge in [0.1, 0.15) is 11.9 Å². The molecule has 2 rings (SSSR count). The molecule has 0 aliphatic rings. The molecule has 138 valence electrons. The summed E-state index contributed by atoms with van der Waals surface area (Å²) in [5.41, 5.74) is 1.26. The number of anilines is 1. The van der Waals surface area contributed by atoms with E-state index in [2.05, 4.69) is 41.4 Å². The Morgan fingerprint density at radius 3 is 2.27 bits per heavy atom. The number of aromatic nitrogens is 2. The minimum absolute atomic E-state index is 0.0200. The highest BCUT2D eigenvalue weighted by Gasteiger charge is 2.19. The zero-order valence-corrected chi connectivity index (χ0v) is 15.9. The number of nitriles is 1. The first-order chi connectivity index (χ1) is 12.3. The van der Waals surface area contributed by atoms with Crippen LogP contribution in [0.1, 0.15) is 29.7 Å². The molecule has 0 unspecified atom stereocenters. The predicted molar refractivity (Wildman–Crippen MR) is 102 cm³/mol. The Labute approximate surface area is 153 Å². The Kier molecular flexibility index (Phi) is 6.01. The molecule has 1 aromatic carbocycles. The van der Waals surface area contributed by atoms with Crippen molar-refractivity contribution < 1.29 is 0 Å². The first-order valence-electron chi connectivity index (χ1n) is 8.51. The van der Waals surface area contributed by atoms with Gasteiger partial charge < -0.3 is 10.2 Å². The van der Waals surface area contributed by atoms with Crippen molar-refractivity contribution in [3.05, 3.63) is 61.8 Å². The summed E-state index contributed by atoms with van der Waals surface area (Å²) < 4.78 is 2.24. The fourth-order valence-corrected chi connectivity index (χ4v) is 2.92. The van der Waals surface area contributed by atoms with Crippen LogP contribution in [-0.2, 0) is 20.5 Å². The Morgan fingerprint density at radius 1 is 1.15 bits per heavy atom. The van der Waals surface area contributed by atoms with Crippen molar-refractivity contribution in [2.24, 2.45) is 14.1 Å². The van der Waals surface area contributed by atoms with Gasteiger partial charge in [0.25, 0.3) is 5.56 Å². The molecule has 7 nitrogen and oxygen atoms in total. The van der Waals surface area contributed by atoms with Gasteiger partial charge in [-0.2, -0.15) is 5.26 Å². The number of rotatable bonds is 6. The van der Waals surface area contributed by atoms with Crippen LogP contribution in [0.3, 0.4) is 0 Å². The maximum absolute atomic E-state index is 12.2. The summed E-state index contributed by atoms with van der Waals surface area (Å²) in [7, 11) is 6.85. The average Bonchev–Trinajstić information content (AvgIpc) is 2.64. The van der Waals surface area contributed by atoms with Crippen molar-refractivity contribution >= 4 is 5.82 Å². The molecular weight excluding hydrogens is 330 g/mol. The second-order valence-electron chi connectivity index (χ2n) is 6.50. The summed E-state index contributed by atoms with van der Waals surface area (Å²) in [6.45, 7) is 2.56. The highest BCUT2D eigenvalue weighted by atomic mass is 16.2. The fourth-order valence-electron chi connectivity index (χ4n) is 2.92. The van der Waals surface area contributed by atoms with E-state index in [0.717, 1.165) is 16.6 Å². The van der Waals surface area contributed by atoms with E-state index in [0.29, 0.717) is 6.54 Å². The van der Waals surface area contributed by atoms with Crippen molar-refractivity contribution in [1.82, 2.24) is 14.0 Å². The Morgan fingerprint density at radius 2 is 1.77 bits per heavy atom. The third kappa shape index (κ3) is 3.70. The summed E-state index contributed by atoms with van der Waals surface area (Å²) in [4.78, 5) is 26.4. The maximum atomic E-state index is 12.2. The van der Waals surface area contributed by atoms with Crippen LogP contribution in [0.15, 0.2) is 33.9 Å². The molecule has 2 aromatic rings. The van der Waals surface area contributed by atoms with Crippen LogP contribution in [-0.4, -0.2) is 34.7 Å². The molecule has 1 N–H and O–H groups in total. The molecule has 0 aliphatic heterocycles. The van der Waals surface area contributed by atoms with Gasteiger partial charge in [-0.15, -0.1) is 0 Å². The van der Waals surface area contributed by atoms with Gasteiger partial charge in [-0.05, 0) is 31.6 Å². The van der Waals surface area contributed by atoms with Gasteiger partial charge in [-0.3, -0.25) is 13.9 Å². The fraction of sp³-hybridized carbons (Fsp3) is 0.421. The Balaban J connectivity index is 2.37. The van der Waals surface area contributed by atoms with Crippen LogP contribution in [0.5, 0.6) is 0 Å². The van der Waals surface area contributed by atoms with Gasteiger partial charge in [0.05, 0.1) is 6.04 Å². The minimum Gasteiger partial charge on any atom is -0.368 e. The van der Waals surface area contributed by atoms with Crippen LogP contribution in [0.2, 0.25) is 0 Å². The lowest BCUT2D eigenvalue weighted by molar-refractivity contribution is 0.311. The Bertz CT molecular complexity index is 933. The summed E-state index contributed by atoms with van der Waals surface area (Å²) in [5.74, 6) is 0.248. The SMILES string of the molecule is CCc1ccc([C@H](CNc2c(C#N)c(=O)n(C)c(=O)n2C)N(C)C)cc1. The monoisotopic (exact) mass is 355 g/mol. The van der Waals surface area contributed by atoms with Crippen LogP contribution < -0.4 is 16.6 Å². The van der Waals surface area contributed by atoms with Crippen molar-refractivity contribution in [3.8, 4) is 6.07 Å². The van der Waals surface area contributed by atoms with Crippen LogP contribution >= 0.6 is 0 Å². The third-order valence-corrected chi connectivity index (χ3v) is 4.64.